The highest BCUT2D eigenvalue weighted by atomic mass is 15.3. The zero-order chi connectivity index (χ0) is 14.9. The van der Waals surface area contributed by atoms with E-state index in [4.69, 9.17) is 0 Å². The van der Waals surface area contributed by atoms with Gasteiger partial charge in [0.1, 0.15) is 0 Å². The van der Waals surface area contributed by atoms with Crippen molar-refractivity contribution >= 4 is 5.96 Å². The Labute approximate surface area is 125 Å². The first kappa shape index (κ1) is 15.0. The summed E-state index contributed by atoms with van der Waals surface area (Å²) in [6.45, 7) is 4.48. The van der Waals surface area contributed by atoms with E-state index in [0.717, 1.165) is 31.2 Å². The number of pyridine rings is 1. The SMILES string of the molecule is CN=C(NCCCn1cccn1)NCc1ncccc1C. The van der Waals surface area contributed by atoms with Crippen LogP contribution in [0.5, 0.6) is 0 Å². The molecule has 6 nitrogen and oxygen atoms in total. The molecule has 0 aliphatic heterocycles. The van der Waals surface area contributed by atoms with Gasteiger partial charge >= 0.3 is 0 Å². The van der Waals surface area contributed by atoms with Gasteiger partial charge in [-0.25, -0.2) is 0 Å². The predicted octanol–water partition coefficient (Wildman–Crippen LogP) is 1.34. The van der Waals surface area contributed by atoms with E-state index < -0.39 is 0 Å². The van der Waals surface area contributed by atoms with Crippen molar-refractivity contribution in [3.63, 3.8) is 0 Å². The van der Waals surface area contributed by atoms with Crippen LogP contribution in [0.1, 0.15) is 17.7 Å². The van der Waals surface area contributed by atoms with Gasteiger partial charge in [0.15, 0.2) is 5.96 Å². The summed E-state index contributed by atoms with van der Waals surface area (Å²) >= 11 is 0. The zero-order valence-corrected chi connectivity index (χ0v) is 12.6. The summed E-state index contributed by atoms with van der Waals surface area (Å²) in [7, 11) is 1.77. The molecule has 0 aliphatic carbocycles. The number of nitrogens with one attached hydrogen (secondary N) is 2. The van der Waals surface area contributed by atoms with Gasteiger partial charge in [-0.3, -0.25) is 14.7 Å². The first-order chi connectivity index (χ1) is 10.3. The molecule has 0 aliphatic rings. The largest absolute Gasteiger partial charge is 0.356 e. The van der Waals surface area contributed by atoms with E-state index in [9.17, 15) is 0 Å². The van der Waals surface area contributed by atoms with Gasteiger partial charge in [-0.2, -0.15) is 5.10 Å². The molecule has 0 fully saturated rings. The van der Waals surface area contributed by atoms with Crippen LogP contribution in [-0.4, -0.2) is 34.3 Å². The molecule has 0 amide bonds. The third-order valence-electron chi connectivity index (χ3n) is 3.18. The Bertz CT molecular complexity index is 561. The van der Waals surface area contributed by atoms with Crippen LogP contribution >= 0.6 is 0 Å². The van der Waals surface area contributed by atoms with Crippen LogP contribution in [0.2, 0.25) is 0 Å². The normalized spacial score (nSPS) is 11.4. The van der Waals surface area contributed by atoms with Gasteiger partial charge in [0.05, 0.1) is 12.2 Å². The third-order valence-corrected chi connectivity index (χ3v) is 3.18. The molecule has 2 N–H and O–H groups in total. The number of nitrogens with zero attached hydrogens (tertiary/aromatic N) is 4. The van der Waals surface area contributed by atoms with Gasteiger partial charge in [-0.05, 0) is 31.0 Å². The summed E-state index contributed by atoms with van der Waals surface area (Å²) in [4.78, 5) is 8.57. The lowest BCUT2D eigenvalue weighted by atomic mass is 10.2. The summed E-state index contributed by atoms with van der Waals surface area (Å²) in [6, 6.07) is 5.94. The molecule has 2 aromatic heterocycles. The van der Waals surface area contributed by atoms with Gasteiger partial charge in [0.25, 0.3) is 0 Å². The minimum Gasteiger partial charge on any atom is -0.356 e. The molecular weight excluding hydrogens is 264 g/mol. The molecule has 112 valence electrons. The smallest absolute Gasteiger partial charge is 0.191 e. The lowest BCUT2D eigenvalue weighted by Crippen LogP contribution is -2.37. The fraction of sp³-hybridized carbons (Fsp3) is 0.400. The van der Waals surface area contributed by atoms with Crippen LogP contribution in [0.15, 0.2) is 41.8 Å². The molecule has 2 aromatic rings. The van der Waals surface area contributed by atoms with E-state index in [0.29, 0.717) is 6.54 Å². The van der Waals surface area contributed by atoms with Crippen molar-refractivity contribution in [2.24, 2.45) is 4.99 Å². The van der Waals surface area contributed by atoms with Crippen molar-refractivity contribution in [2.75, 3.05) is 13.6 Å². The van der Waals surface area contributed by atoms with E-state index in [-0.39, 0.29) is 0 Å². The molecule has 0 bridgehead atoms. The Balaban J connectivity index is 1.70. The van der Waals surface area contributed by atoms with Crippen LogP contribution < -0.4 is 10.6 Å². The van der Waals surface area contributed by atoms with Crippen LogP contribution in [-0.2, 0) is 13.1 Å². The van der Waals surface area contributed by atoms with Gasteiger partial charge < -0.3 is 10.6 Å². The van der Waals surface area contributed by atoms with Crippen molar-refractivity contribution in [3.05, 3.63) is 48.0 Å². The van der Waals surface area contributed by atoms with Crippen molar-refractivity contribution < 1.29 is 0 Å². The van der Waals surface area contributed by atoms with E-state index in [1.165, 1.54) is 5.56 Å². The molecule has 0 aromatic carbocycles. The van der Waals surface area contributed by atoms with E-state index in [1.54, 1.807) is 13.2 Å². The fourth-order valence-corrected chi connectivity index (χ4v) is 1.97. The van der Waals surface area contributed by atoms with Crippen LogP contribution in [0, 0.1) is 6.92 Å². The lowest BCUT2D eigenvalue weighted by molar-refractivity contribution is 0.570. The van der Waals surface area contributed by atoms with Crippen molar-refractivity contribution in [2.45, 2.75) is 26.4 Å². The molecule has 0 radical (unpaired) electrons. The van der Waals surface area contributed by atoms with E-state index in [1.807, 2.05) is 29.2 Å². The van der Waals surface area contributed by atoms with Crippen molar-refractivity contribution in [3.8, 4) is 0 Å². The zero-order valence-electron chi connectivity index (χ0n) is 12.6. The maximum Gasteiger partial charge on any atom is 0.191 e. The highest BCUT2D eigenvalue weighted by molar-refractivity contribution is 5.79. The Morgan fingerprint density at radius 3 is 2.90 bits per heavy atom. The molecule has 0 saturated heterocycles. The molecule has 6 heteroatoms. The van der Waals surface area contributed by atoms with E-state index in [2.05, 4.69) is 38.7 Å². The monoisotopic (exact) mass is 286 g/mol. The molecule has 2 heterocycles. The van der Waals surface area contributed by atoms with Crippen molar-refractivity contribution in [1.29, 1.82) is 0 Å². The molecule has 0 atom stereocenters. The first-order valence-corrected chi connectivity index (χ1v) is 7.12. The van der Waals surface area contributed by atoms with Crippen LogP contribution in [0.4, 0.5) is 0 Å². The number of aromatic nitrogens is 3. The molecule has 2 rings (SSSR count). The standard InChI is InChI=1S/C15H22N6/c1-13-6-3-7-17-14(13)12-19-15(16-2)18-8-4-10-21-11-5-9-20-21/h3,5-7,9,11H,4,8,10,12H2,1-2H3,(H2,16,18,19). The molecular formula is C15H22N6. The second-order valence-electron chi connectivity index (χ2n) is 4.74. The Hall–Kier alpha value is -2.37. The summed E-state index contributed by atoms with van der Waals surface area (Å²) < 4.78 is 1.93. The van der Waals surface area contributed by atoms with E-state index >= 15 is 0 Å². The lowest BCUT2D eigenvalue weighted by Gasteiger charge is -2.12. The second kappa shape index (κ2) is 8.04. The van der Waals surface area contributed by atoms with Gasteiger partial charge in [-0.1, -0.05) is 6.07 Å². The number of hydrogen-bond donors (Lipinski definition) is 2. The molecule has 0 unspecified atom stereocenters. The number of guanidine groups is 1. The van der Waals surface area contributed by atoms with Gasteiger partial charge in [0.2, 0.25) is 0 Å². The highest BCUT2D eigenvalue weighted by Gasteiger charge is 2.01. The maximum absolute atomic E-state index is 4.36. The van der Waals surface area contributed by atoms with Crippen molar-refractivity contribution in [1.82, 2.24) is 25.4 Å². The summed E-state index contributed by atoms with van der Waals surface area (Å²) in [5.74, 6) is 0.792. The number of hydrogen-bond acceptors (Lipinski definition) is 3. The summed E-state index contributed by atoms with van der Waals surface area (Å²) in [5, 5.41) is 10.7. The molecule has 0 saturated carbocycles. The molecule has 0 spiro atoms. The average Bonchev–Trinajstić information content (AvgIpc) is 3.01. The Morgan fingerprint density at radius 2 is 2.19 bits per heavy atom. The topological polar surface area (TPSA) is 67.1 Å². The van der Waals surface area contributed by atoms with Crippen LogP contribution in [0.25, 0.3) is 0 Å². The summed E-state index contributed by atoms with van der Waals surface area (Å²) in [6.07, 6.45) is 6.56. The Morgan fingerprint density at radius 1 is 1.29 bits per heavy atom. The first-order valence-electron chi connectivity index (χ1n) is 7.12. The maximum atomic E-state index is 4.36. The summed E-state index contributed by atoms with van der Waals surface area (Å²) in [5.41, 5.74) is 2.22. The minimum absolute atomic E-state index is 0.672. The molecule has 21 heavy (non-hydrogen) atoms. The highest BCUT2D eigenvalue weighted by Crippen LogP contribution is 2.01. The minimum atomic E-state index is 0.672. The Kier molecular flexibility index (Phi) is 5.75. The number of aryl methyl sites for hydroxylation is 2. The van der Waals surface area contributed by atoms with Gasteiger partial charge in [-0.15, -0.1) is 0 Å². The van der Waals surface area contributed by atoms with Crippen LogP contribution in [0.3, 0.4) is 0 Å². The fourth-order valence-electron chi connectivity index (χ4n) is 1.97. The quantitative estimate of drug-likeness (QED) is 0.478. The third kappa shape index (κ3) is 4.91. The number of rotatable bonds is 6. The second-order valence-corrected chi connectivity index (χ2v) is 4.74. The number of aliphatic imine (C=N–C) groups is 1. The predicted molar refractivity (Wildman–Crippen MR) is 84.0 cm³/mol. The van der Waals surface area contributed by atoms with Gasteiger partial charge in [0, 0.05) is 38.7 Å². The average molecular weight is 286 g/mol.